The van der Waals surface area contributed by atoms with Gasteiger partial charge in [-0.15, -0.1) is 12.4 Å². The Balaban J connectivity index is 0.00000225. The van der Waals surface area contributed by atoms with Crippen LogP contribution in [0.2, 0.25) is 0 Å². The molecule has 2 N–H and O–H groups in total. The topological polar surface area (TPSA) is 78.5 Å². The molecule has 25 heavy (non-hydrogen) atoms. The maximum absolute atomic E-state index is 12.7. The van der Waals surface area contributed by atoms with Crippen LogP contribution < -0.4 is 10.6 Å². The van der Waals surface area contributed by atoms with Crippen LogP contribution in [0.15, 0.2) is 29.2 Å². The highest BCUT2D eigenvalue weighted by Gasteiger charge is 2.27. The highest BCUT2D eigenvalue weighted by Crippen LogP contribution is 2.23. The van der Waals surface area contributed by atoms with Crippen LogP contribution in [0.25, 0.3) is 0 Å². The number of amides is 1. The summed E-state index contributed by atoms with van der Waals surface area (Å²) < 4.78 is 27.0. The van der Waals surface area contributed by atoms with Gasteiger partial charge in [-0.25, -0.2) is 8.42 Å². The van der Waals surface area contributed by atoms with Crippen molar-refractivity contribution in [2.75, 3.05) is 18.4 Å². The van der Waals surface area contributed by atoms with Gasteiger partial charge in [0.25, 0.3) is 0 Å². The van der Waals surface area contributed by atoms with Crippen LogP contribution in [-0.4, -0.2) is 43.8 Å². The first-order valence-corrected chi connectivity index (χ1v) is 10.1. The lowest BCUT2D eigenvalue weighted by atomic mass is 10.2. The van der Waals surface area contributed by atoms with Gasteiger partial charge in [-0.05, 0) is 50.8 Å². The Morgan fingerprint density at radius 1 is 1.20 bits per heavy atom. The summed E-state index contributed by atoms with van der Waals surface area (Å²) in [5, 5.41) is 6.04. The van der Waals surface area contributed by atoms with Gasteiger partial charge in [0.2, 0.25) is 15.9 Å². The van der Waals surface area contributed by atoms with Crippen molar-refractivity contribution in [3.05, 3.63) is 24.3 Å². The van der Waals surface area contributed by atoms with Crippen molar-refractivity contribution in [1.82, 2.24) is 9.62 Å². The van der Waals surface area contributed by atoms with Crippen LogP contribution in [0.4, 0.5) is 5.69 Å². The maximum atomic E-state index is 12.7. The number of rotatable bonds is 6. The summed E-state index contributed by atoms with van der Waals surface area (Å²) in [5.41, 5.74) is 0.516. The van der Waals surface area contributed by atoms with Crippen molar-refractivity contribution >= 4 is 34.0 Å². The number of nitrogens with one attached hydrogen (secondary N) is 2. The normalized spacial score (nSPS) is 19.7. The molecule has 140 valence electrons. The molecule has 1 atom stereocenters. The minimum absolute atomic E-state index is 0. The third-order valence-electron chi connectivity index (χ3n) is 4.51. The molecule has 1 aliphatic heterocycles. The Morgan fingerprint density at radius 2 is 1.88 bits per heavy atom. The van der Waals surface area contributed by atoms with Gasteiger partial charge in [0.1, 0.15) is 0 Å². The molecule has 8 heteroatoms. The zero-order valence-electron chi connectivity index (χ0n) is 14.4. The van der Waals surface area contributed by atoms with E-state index in [2.05, 4.69) is 10.6 Å². The SMILES string of the molecule is CC(NC1CC1)C(=O)Nc1cccc(S(=O)(=O)N2CCCCC2)c1.Cl. The number of anilines is 1. The van der Waals surface area contributed by atoms with Gasteiger partial charge in [0.05, 0.1) is 10.9 Å². The molecular weight excluding hydrogens is 362 g/mol. The van der Waals surface area contributed by atoms with E-state index in [1.54, 1.807) is 24.3 Å². The molecule has 0 spiro atoms. The Labute approximate surface area is 155 Å². The van der Waals surface area contributed by atoms with Crippen molar-refractivity contribution in [3.63, 3.8) is 0 Å². The molecule has 2 aliphatic rings. The Bertz CT molecular complexity index is 701. The summed E-state index contributed by atoms with van der Waals surface area (Å²) in [6, 6.07) is 6.68. The van der Waals surface area contributed by atoms with Crippen LogP contribution >= 0.6 is 12.4 Å². The number of carbonyl (C=O) groups is 1. The lowest BCUT2D eigenvalue weighted by Gasteiger charge is -2.26. The van der Waals surface area contributed by atoms with Crippen molar-refractivity contribution in [2.24, 2.45) is 0 Å². The van der Waals surface area contributed by atoms with Gasteiger partial charge in [-0.3, -0.25) is 4.79 Å². The zero-order valence-corrected chi connectivity index (χ0v) is 16.0. The molecule has 1 amide bonds. The van der Waals surface area contributed by atoms with Crippen LogP contribution in [0.1, 0.15) is 39.0 Å². The molecule has 1 aromatic carbocycles. The van der Waals surface area contributed by atoms with Crippen LogP contribution in [0, 0.1) is 0 Å². The van der Waals surface area contributed by atoms with E-state index in [0.717, 1.165) is 32.1 Å². The number of piperidine rings is 1. The van der Waals surface area contributed by atoms with Gasteiger partial charge < -0.3 is 10.6 Å². The number of sulfonamides is 1. The second-order valence-electron chi connectivity index (χ2n) is 6.64. The molecule has 1 aromatic rings. The molecule has 2 fully saturated rings. The van der Waals surface area contributed by atoms with Gasteiger partial charge in [0, 0.05) is 24.8 Å². The lowest BCUT2D eigenvalue weighted by Crippen LogP contribution is -2.39. The summed E-state index contributed by atoms with van der Waals surface area (Å²) in [7, 11) is -3.48. The number of benzene rings is 1. The fourth-order valence-electron chi connectivity index (χ4n) is 2.92. The summed E-state index contributed by atoms with van der Waals surface area (Å²) in [6.07, 6.45) is 5.11. The van der Waals surface area contributed by atoms with Crippen molar-refractivity contribution in [3.8, 4) is 0 Å². The molecule has 1 saturated carbocycles. The second kappa shape index (κ2) is 8.49. The molecule has 1 heterocycles. The predicted octanol–water partition coefficient (Wildman–Crippen LogP) is 2.36. The van der Waals surface area contributed by atoms with Crippen LogP contribution in [-0.2, 0) is 14.8 Å². The Kier molecular flexibility index (Phi) is 6.85. The first-order valence-electron chi connectivity index (χ1n) is 8.64. The summed E-state index contributed by atoms with van der Waals surface area (Å²) in [5.74, 6) is -0.144. The van der Waals surface area contributed by atoms with Gasteiger partial charge >= 0.3 is 0 Å². The van der Waals surface area contributed by atoms with Crippen molar-refractivity contribution < 1.29 is 13.2 Å². The fraction of sp³-hybridized carbons (Fsp3) is 0.588. The van der Waals surface area contributed by atoms with E-state index >= 15 is 0 Å². The molecular formula is C17H26ClN3O3S. The molecule has 0 radical (unpaired) electrons. The summed E-state index contributed by atoms with van der Waals surface area (Å²) in [4.78, 5) is 12.4. The van der Waals surface area contributed by atoms with E-state index in [1.165, 1.54) is 4.31 Å². The largest absolute Gasteiger partial charge is 0.325 e. The third-order valence-corrected chi connectivity index (χ3v) is 6.41. The van der Waals surface area contributed by atoms with Crippen molar-refractivity contribution in [2.45, 2.75) is 56.0 Å². The Hall–Kier alpha value is -1.15. The average molecular weight is 388 g/mol. The molecule has 1 unspecified atom stereocenters. The number of hydrogen-bond donors (Lipinski definition) is 2. The molecule has 0 aromatic heterocycles. The van der Waals surface area contributed by atoms with Gasteiger partial charge in [-0.2, -0.15) is 4.31 Å². The zero-order chi connectivity index (χ0) is 17.2. The third kappa shape index (κ3) is 5.17. The smallest absolute Gasteiger partial charge is 0.243 e. The quantitative estimate of drug-likeness (QED) is 0.785. The maximum Gasteiger partial charge on any atom is 0.243 e. The molecule has 0 bridgehead atoms. The highest BCUT2D eigenvalue weighted by molar-refractivity contribution is 7.89. The lowest BCUT2D eigenvalue weighted by molar-refractivity contribution is -0.117. The second-order valence-corrected chi connectivity index (χ2v) is 8.58. The fourth-order valence-corrected chi connectivity index (χ4v) is 4.48. The number of hydrogen-bond acceptors (Lipinski definition) is 4. The van der Waals surface area contributed by atoms with E-state index < -0.39 is 10.0 Å². The van der Waals surface area contributed by atoms with Crippen LogP contribution in [0.3, 0.4) is 0 Å². The predicted molar refractivity (Wildman–Crippen MR) is 101 cm³/mol. The summed E-state index contributed by atoms with van der Waals surface area (Å²) >= 11 is 0. The van der Waals surface area contributed by atoms with E-state index in [-0.39, 0.29) is 29.3 Å². The molecule has 1 saturated heterocycles. The minimum atomic E-state index is -3.48. The average Bonchev–Trinajstić information content (AvgIpc) is 3.40. The van der Waals surface area contributed by atoms with Crippen molar-refractivity contribution in [1.29, 1.82) is 0 Å². The van der Waals surface area contributed by atoms with E-state index in [0.29, 0.717) is 24.8 Å². The van der Waals surface area contributed by atoms with Crippen LogP contribution in [0.5, 0.6) is 0 Å². The number of halogens is 1. The first-order chi connectivity index (χ1) is 11.5. The first kappa shape index (κ1) is 20.2. The molecule has 3 rings (SSSR count). The van der Waals surface area contributed by atoms with E-state index in [1.807, 2.05) is 6.92 Å². The standard InChI is InChI=1S/C17H25N3O3S.ClH/c1-13(18-14-8-9-14)17(21)19-15-6-5-7-16(12-15)24(22,23)20-10-3-2-4-11-20;/h5-7,12-14,18H,2-4,8-11H2,1H3,(H,19,21);1H. The van der Waals surface area contributed by atoms with E-state index in [9.17, 15) is 13.2 Å². The summed E-state index contributed by atoms with van der Waals surface area (Å²) in [6.45, 7) is 2.96. The molecule has 1 aliphatic carbocycles. The number of nitrogens with zero attached hydrogens (tertiary/aromatic N) is 1. The highest BCUT2D eigenvalue weighted by atomic mass is 35.5. The van der Waals surface area contributed by atoms with Gasteiger partial charge in [-0.1, -0.05) is 12.5 Å². The van der Waals surface area contributed by atoms with Gasteiger partial charge in [0.15, 0.2) is 0 Å². The Morgan fingerprint density at radius 3 is 2.52 bits per heavy atom. The molecule has 6 nitrogen and oxygen atoms in total. The monoisotopic (exact) mass is 387 g/mol. The van der Waals surface area contributed by atoms with E-state index in [4.69, 9.17) is 0 Å². The minimum Gasteiger partial charge on any atom is -0.325 e. The number of carbonyl (C=O) groups excluding carboxylic acids is 1.